The molecule has 0 radical (unpaired) electrons. The smallest absolute Gasteiger partial charge is 0.251 e. The minimum absolute atomic E-state index is 0.0354. The quantitative estimate of drug-likeness (QED) is 0.829. The molecule has 148 valence electrons. The molecule has 28 heavy (non-hydrogen) atoms. The number of anilines is 1. The minimum Gasteiger partial charge on any atom is -0.384 e. The molecule has 0 bridgehead atoms. The van der Waals surface area contributed by atoms with E-state index in [2.05, 4.69) is 15.2 Å². The van der Waals surface area contributed by atoms with Crippen molar-refractivity contribution in [3.63, 3.8) is 0 Å². The Morgan fingerprint density at radius 3 is 2.39 bits per heavy atom. The van der Waals surface area contributed by atoms with Gasteiger partial charge in [0.25, 0.3) is 5.91 Å². The van der Waals surface area contributed by atoms with Crippen LogP contribution in [0.4, 0.5) is 5.82 Å². The number of rotatable bonds is 5. The fourth-order valence-corrected chi connectivity index (χ4v) is 4.64. The maximum Gasteiger partial charge on any atom is 0.251 e. The summed E-state index contributed by atoms with van der Waals surface area (Å²) in [6.45, 7) is 3.32. The molecule has 1 saturated heterocycles. The predicted octanol–water partition coefficient (Wildman–Crippen LogP) is 3.86. The van der Waals surface area contributed by atoms with Gasteiger partial charge in [-0.1, -0.05) is 37.5 Å². The summed E-state index contributed by atoms with van der Waals surface area (Å²) < 4.78 is 0. The van der Waals surface area contributed by atoms with Gasteiger partial charge in [0.1, 0.15) is 5.82 Å². The number of carbonyl (C=O) groups excluding carboxylic acids is 1. The molecule has 1 aliphatic carbocycles. The summed E-state index contributed by atoms with van der Waals surface area (Å²) in [6.07, 6.45) is 8.41. The molecule has 0 spiro atoms. The van der Waals surface area contributed by atoms with Crippen LogP contribution in [-0.2, 0) is 0 Å². The first kappa shape index (κ1) is 18.9. The minimum atomic E-state index is -0.0756. The second kappa shape index (κ2) is 8.31. The van der Waals surface area contributed by atoms with Crippen LogP contribution in [0.3, 0.4) is 0 Å². The van der Waals surface area contributed by atoms with Crippen molar-refractivity contribution in [3.05, 3.63) is 48.0 Å². The van der Waals surface area contributed by atoms with Crippen LogP contribution in [0, 0.1) is 0 Å². The van der Waals surface area contributed by atoms with Gasteiger partial charge in [0.15, 0.2) is 0 Å². The van der Waals surface area contributed by atoms with E-state index in [1.165, 1.54) is 45.2 Å². The van der Waals surface area contributed by atoms with Gasteiger partial charge in [-0.3, -0.25) is 4.79 Å². The lowest BCUT2D eigenvalue weighted by Gasteiger charge is -2.41. The Labute approximate surface area is 167 Å². The molecule has 5 heteroatoms. The Morgan fingerprint density at radius 1 is 1.00 bits per heavy atom. The molecule has 1 aromatic carbocycles. The van der Waals surface area contributed by atoms with Crippen LogP contribution in [0.15, 0.2) is 42.5 Å². The predicted molar refractivity (Wildman–Crippen MR) is 113 cm³/mol. The number of nitrogens with two attached hydrogens (primary N) is 1. The van der Waals surface area contributed by atoms with Crippen molar-refractivity contribution in [2.75, 3.05) is 25.4 Å². The Kier molecular flexibility index (Phi) is 5.62. The molecule has 0 unspecified atom stereocenters. The highest BCUT2D eigenvalue weighted by molar-refractivity contribution is 5.95. The monoisotopic (exact) mass is 378 g/mol. The zero-order valence-corrected chi connectivity index (χ0v) is 16.5. The molecule has 1 amide bonds. The number of aromatic nitrogens is 1. The molecule has 1 saturated carbocycles. The molecule has 2 aromatic rings. The Hall–Kier alpha value is -2.40. The van der Waals surface area contributed by atoms with E-state index in [1.54, 1.807) is 6.07 Å². The summed E-state index contributed by atoms with van der Waals surface area (Å²) in [7, 11) is 0. The third-order valence-corrected chi connectivity index (χ3v) is 6.13. The lowest BCUT2D eigenvalue weighted by atomic mass is 9.81. The number of carbonyl (C=O) groups is 1. The molecular formula is C23H30N4O. The normalized spacial score (nSPS) is 19.4. The van der Waals surface area contributed by atoms with Crippen LogP contribution in [-0.4, -0.2) is 41.0 Å². The zero-order chi connectivity index (χ0) is 19.4. The van der Waals surface area contributed by atoms with Crippen molar-refractivity contribution in [2.24, 2.45) is 0 Å². The first-order chi connectivity index (χ1) is 13.6. The maximum atomic E-state index is 13.0. The van der Waals surface area contributed by atoms with E-state index in [0.717, 1.165) is 30.6 Å². The van der Waals surface area contributed by atoms with Gasteiger partial charge in [-0.05, 0) is 63.0 Å². The number of nitrogen functional groups attached to an aromatic ring is 1. The van der Waals surface area contributed by atoms with Gasteiger partial charge in [-0.25, -0.2) is 4.98 Å². The highest BCUT2D eigenvalue weighted by atomic mass is 16.1. The first-order valence-electron chi connectivity index (χ1n) is 10.5. The van der Waals surface area contributed by atoms with E-state index >= 15 is 0 Å². The highest BCUT2D eigenvalue weighted by Gasteiger charge is 2.36. The van der Waals surface area contributed by atoms with E-state index in [0.29, 0.717) is 11.4 Å². The van der Waals surface area contributed by atoms with E-state index < -0.39 is 0 Å². The van der Waals surface area contributed by atoms with Crippen LogP contribution >= 0.6 is 0 Å². The average Bonchev–Trinajstić information content (AvgIpc) is 3.21. The Balaban J connectivity index is 1.47. The molecular weight excluding hydrogens is 348 g/mol. The summed E-state index contributed by atoms with van der Waals surface area (Å²) in [6, 6.07) is 13.3. The van der Waals surface area contributed by atoms with Crippen molar-refractivity contribution in [2.45, 2.75) is 50.5 Å². The van der Waals surface area contributed by atoms with Gasteiger partial charge in [-0.15, -0.1) is 0 Å². The average molecular weight is 379 g/mol. The lowest BCUT2D eigenvalue weighted by molar-refractivity contribution is 0.0822. The number of benzene rings is 1. The van der Waals surface area contributed by atoms with E-state index in [1.807, 2.05) is 36.4 Å². The second-order valence-corrected chi connectivity index (χ2v) is 8.30. The number of nitrogens with zero attached hydrogens (tertiary/aromatic N) is 2. The Morgan fingerprint density at radius 2 is 1.71 bits per heavy atom. The summed E-state index contributed by atoms with van der Waals surface area (Å²) in [5.74, 6) is 0.536. The number of hydrogen-bond donors (Lipinski definition) is 2. The number of hydrogen-bond acceptors (Lipinski definition) is 4. The second-order valence-electron chi connectivity index (χ2n) is 8.30. The number of likely N-dealkylation sites (tertiary alicyclic amines) is 1. The molecule has 1 aliphatic heterocycles. The number of amides is 1. The molecule has 3 N–H and O–H groups in total. The fourth-order valence-electron chi connectivity index (χ4n) is 4.64. The van der Waals surface area contributed by atoms with Crippen LogP contribution < -0.4 is 11.1 Å². The zero-order valence-electron chi connectivity index (χ0n) is 16.5. The van der Waals surface area contributed by atoms with Gasteiger partial charge in [-0.2, -0.15) is 0 Å². The molecule has 2 fully saturated rings. The van der Waals surface area contributed by atoms with E-state index in [4.69, 9.17) is 5.73 Å². The van der Waals surface area contributed by atoms with Crippen LogP contribution in [0.2, 0.25) is 0 Å². The van der Waals surface area contributed by atoms with Gasteiger partial charge in [0, 0.05) is 17.7 Å². The summed E-state index contributed by atoms with van der Waals surface area (Å²) in [5, 5.41) is 3.43. The highest BCUT2D eigenvalue weighted by Crippen LogP contribution is 2.30. The molecule has 1 aromatic heterocycles. The largest absolute Gasteiger partial charge is 0.384 e. The van der Waals surface area contributed by atoms with Gasteiger partial charge < -0.3 is 16.0 Å². The number of nitrogens with one attached hydrogen (secondary N) is 1. The molecule has 0 atom stereocenters. The third-order valence-electron chi connectivity index (χ3n) is 6.13. The molecule has 5 nitrogen and oxygen atoms in total. The molecule has 2 heterocycles. The lowest BCUT2D eigenvalue weighted by Crippen LogP contribution is -2.56. The Bertz CT molecular complexity index is 806. The van der Waals surface area contributed by atoms with Gasteiger partial charge in [0.05, 0.1) is 11.2 Å². The van der Waals surface area contributed by atoms with Crippen LogP contribution in [0.25, 0.3) is 11.3 Å². The topological polar surface area (TPSA) is 71.2 Å². The van der Waals surface area contributed by atoms with Crippen LogP contribution in [0.5, 0.6) is 0 Å². The van der Waals surface area contributed by atoms with Crippen molar-refractivity contribution in [3.8, 4) is 11.3 Å². The standard InChI is InChI=1S/C23H30N4O/c24-21-8-6-7-20(25-21)18-9-11-19(12-10-18)22(28)26-23(13-2-1-3-14-23)17-27-15-4-5-16-27/h6-12H,1-5,13-17H2,(H2,24,25)(H,26,28). The SMILES string of the molecule is Nc1cccc(-c2ccc(C(=O)NC3(CN4CCCC4)CCCCC3)cc2)n1. The van der Waals surface area contributed by atoms with Crippen molar-refractivity contribution < 1.29 is 4.79 Å². The summed E-state index contributed by atoms with van der Waals surface area (Å²) >= 11 is 0. The van der Waals surface area contributed by atoms with Gasteiger partial charge >= 0.3 is 0 Å². The van der Waals surface area contributed by atoms with Gasteiger partial charge in [0.2, 0.25) is 0 Å². The third kappa shape index (κ3) is 4.36. The number of pyridine rings is 1. The molecule has 4 rings (SSSR count). The summed E-state index contributed by atoms with van der Waals surface area (Å²) in [5.41, 5.74) is 8.20. The van der Waals surface area contributed by atoms with Crippen molar-refractivity contribution >= 4 is 11.7 Å². The van der Waals surface area contributed by atoms with Crippen molar-refractivity contribution in [1.82, 2.24) is 15.2 Å². The van der Waals surface area contributed by atoms with Crippen LogP contribution in [0.1, 0.15) is 55.3 Å². The maximum absolute atomic E-state index is 13.0. The van der Waals surface area contributed by atoms with Crippen molar-refractivity contribution in [1.29, 1.82) is 0 Å². The molecule has 2 aliphatic rings. The van der Waals surface area contributed by atoms with E-state index in [9.17, 15) is 4.79 Å². The first-order valence-corrected chi connectivity index (χ1v) is 10.5. The summed E-state index contributed by atoms with van der Waals surface area (Å²) in [4.78, 5) is 19.9. The van der Waals surface area contributed by atoms with E-state index in [-0.39, 0.29) is 11.4 Å². The fraction of sp³-hybridized carbons (Fsp3) is 0.478.